The number of nitrogens with one attached hydrogen (secondary N) is 2. The average Bonchev–Trinajstić information content (AvgIpc) is 3.31. The number of anilines is 1. The molecule has 31 heavy (non-hydrogen) atoms. The summed E-state index contributed by atoms with van der Waals surface area (Å²) in [5, 5.41) is 8.17. The van der Waals surface area contributed by atoms with E-state index in [0.717, 1.165) is 47.8 Å². The minimum atomic E-state index is -0.363. The van der Waals surface area contributed by atoms with Crippen LogP contribution in [0.2, 0.25) is 0 Å². The lowest BCUT2D eigenvalue weighted by molar-refractivity contribution is -0.117. The molecule has 1 unspecified atom stereocenters. The van der Waals surface area contributed by atoms with E-state index in [-0.39, 0.29) is 23.8 Å². The van der Waals surface area contributed by atoms with E-state index < -0.39 is 0 Å². The first-order chi connectivity index (χ1) is 15.0. The summed E-state index contributed by atoms with van der Waals surface area (Å²) < 4.78 is 5.28. The van der Waals surface area contributed by atoms with Crippen LogP contribution in [0.4, 0.5) is 5.69 Å². The van der Waals surface area contributed by atoms with Crippen LogP contribution in [0.25, 0.3) is 10.8 Å². The Morgan fingerprint density at radius 1 is 0.968 bits per heavy atom. The molecule has 0 spiro atoms. The van der Waals surface area contributed by atoms with Crippen molar-refractivity contribution < 1.29 is 14.3 Å². The Morgan fingerprint density at radius 2 is 1.68 bits per heavy atom. The average molecular weight is 417 g/mol. The molecule has 1 fully saturated rings. The Morgan fingerprint density at radius 3 is 2.45 bits per heavy atom. The minimum Gasteiger partial charge on any atom is -0.497 e. The molecule has 0 aromatic heterocycles. The number of carbonyl (C=O) groups excluding carboxylic acids is 2. The molecule has 1 aliphatic carbocycles. The summed E-state index contributed by atoms with van der Waals surface area (Å²) in [4.78, 5) is 25.8. The van der Waals surface area contributed by atoms with Gasteiger partial charge in [-0.05, 0) is 60.4 Å². The molecular formula is C26H28N2O3. The van der Waals surface area contributed by atoms with Crippen LogP contribution >= 0.6 is 0 Å². The van der Waals surface area contributed by atoms with Crippen molar-refractivity contribution in [2.24, 2.45) is 0 Å². The maximum atomic E-state index is 13.0. The number of hydrogen-bond donors (Lipinski definition) is 2. The van der Waals surface area contributed by atoms with Crippen molar-refractivity contribution in [2.75, 3.05) is 12.4 Å². The number of rotatable bonds is 6. The third-order valence-corrected chi connectivity index (χ3v) is 6.08. The van der Waals surface area contributed by atoms with Crippen molar-refractivity contribution >= 4 is 28.3 Å². The van der Waals surface area contributed by atoms with Crippen LogP contribution < -0.4 is 15.4 Å². The van der Waals surface area contributed by atoms with Crippen molar-refractivity contribution in [2.45, 2.75) is 44.6 Å². The Kier molecular flexibility index (Phi) is 6.21. The summed E-state index contributed by atoms with van der Waals surface area (Å²) in [5.74, 6) is 0.167. The van der Waals surface area contributed by atoms with Crippen LogP contribution in [-0.2, 0) is 4.79 Å². The molecule has 3 aromatic carbocycles. The van der Waals surface area contributed by atoms with Gasteiger partial charge < -0.3 is 15.4 Å². The first-order valence-corrected chi connectivity index (χ1v) is 10.8. The number of fused-ring (bicyclic) bond motifs is 1. The van der Waals surface area contributed by atoms with Crippen LogP contribution in [0.1, 0.15) is 54.4 Å². The Bertz CT molecular complexity index is 1100. The highest BCUT2D eigenvalue weighted by Crippen LogP contribution is 2.27. The molecule has 4 rings (SSSR count). The molecule has 5 nitrogen and oxygen atoms in total. The van der Waals surface area contributed by atoms with E-state index in [1.54, 1.807) is 19.2 Å². The van der Waals surface area contributed by atoms with E-state index in [9.17, 15) is 9.59 Å². The predicted octanol–water partition coefficient (Wildman–Crippen LogP) is 5.26. The zero-order valence-electron chi connectivity index (χ0n) is 18.0. The zero-order chi connectivity index (χ0) is 21.8. The molecule has 1 atom stereocenters. The van der Waals surface area contributed by atoms with Gasteiger partial charge in [0.2, 0.25) is 5.91 Å². The van der Waals surface area contributed by atoms with E-state index in [1.807, 2.05) is 55.5 Å². The van der Waals surface area contributed by atoms with Crippen molar-refractivity contribution in [1.82, 2.24) is 5.32 Å². The second-order valence-electron chi connectivity index (χ2n) is 8.18. The fourth-order valence-corrected chi connectivity index (χ4v) is 4.15. The number of benzene rings is 3. The van der Waals surface area contributed by atoms with Gasteiger partial charge in [-0.2, -0.15) is 0 Å². The van der Waals surface area contributed by atoms with Crippen LogP contribution in [0, 0.1) is 0 Å². The standard InChI is InChI=1S/C26H28N2O3/c1-17(18-11-12-20-16-22(31-2)14-13-19(20)15-18)25(29)28-24-10-6-5-9-23(24)26(30)27-21-7-3-4-8-21/h5-6,9-17,21H,3-4,7-8H2,1-2H3,(H,27,30)(H,28,29). The van der Waals surface area contributed by atoms with E-state index in [4.69, 9.17) is 4.74 Å². The van der Waals surface area contributed by atoms with Crippen LogP contribution in [0.15, 0.2) is 60.7 Å². The predicted molar refractivity (Wildman–Crippen MR) is 124 cm³/mol. The molecule has 1 saturated carbocycles. The van der Waals surface area contributed by atoms with Crippen molar-refractivity contribution in [1.29, 1.82) is 0 Å². The van der Waals surface area contributed by atoms with Crippen molar-refractivity contribution in [3.63, 3.8) is 0 Å². The lowest BCUT2D eigenvalue weighted by Crippen LogP contribution is -2.33. The summed E-state index contributed by atoms with van der Waals surface area (Å²) in [7, 11) is 1.65. The highest BCUT2D eigenvalue weighted by molar-refractivity contribution is 6.05. The van der Waals surface area contributed by atoms with Gasteiger partial charge in [0.15, 0.2) is 0 Å². The van der Waals surface area contributed by atoms with Crippen LogP contribution in [0.5, 0.6) is 5.75 Å². The van der Waals surface area contributed by atoms with Gasteiger partial charge in [0.1, 0.15) is 5.75 Å². The minimum absolute atomic E-state index is 0.130. The lowest BCUT2D eigenvalue weighted by atomic mass is 9.96. The van der Waals surface area contributed by atoms with E-state index in [1.165, 1.54) is 0 Å². The van der Waals surface area contributed by atoms with Gasteiger partial charge in [-0.25, -0.2) is 0 Å². The molecular weight excluding hydrogens is 388 g/mol. The van der Waals surface area contributed by atoms with Gasteiger partial charge >= 0.3 is 0 Å². The summed E-state index contributed by atoms with van der Waals surface area (Å²) in [6.07, 6.45) is 4.34. The van der Waals surface area contributed by atoms with Crippen molar-refractivity contribution in [3.8, 4) is 5.75 Å². The number of hydrogen-bond acceptors (Lipinski definition) is 3. The molecule has 1 aliphatic rings. The van der Waals surface area contributed by atoms with E-state index in [0.29, 0.717) is 11.3 Å². The quantitative estimate of drug-likeness (QED) is 0.576. The molecule has 2 amide bonds. The molecule has 0 saturated heterocycles. The maximum Gasteiger partial charge on any atom is 0.253 e. The van der Waals surface area contributed by atoms with Crippen molar-refractivity contribution in [3.05, 3.63) is 71.8 Å². The molecule has 0 aliphatic heterocycles. The normalized spacial score (nSPS) is 14.9. The third kappa shape index (κ3) is 4.71. The maximum absolute atomic E-state index is 13.0. The first kappa shape index (κ1) is 20.9. The lowest BCUT2D eigenvalue weighted by Gasteiger charge is -2.17. The van der Waals surface area contributed by atoms with Crippen LogP contribution in [-0.4, -0.2) is 25.0 Å². The number of amides is 2. The van der Waals surface area contributed by atoms with Gasteiger partial charge in [0.05, 0.1) is 24.3 Å². The summed E-state index contributed by atoms with van der Waals surface area (Å²) >= 11 is 0. The Balaban J connectivity index is 1.50. The SMILES string of the molecule is COc1ccc2cc(C(C)C(=O)Nc3ccccc3C(=O)NC3CCCC3)ccc2c1. The fourth-order valence-electron chi connectivity index (χ4n) is 4.15. The number of carbonyl (C=O) groups is 2. The van der Waals surface area contributed by atoms with Gasteiger partial charge in [-0.15, -0.1) is 0 Å². The topological polar surface area (TPSA) is 67.4 Å². The number of para-hydroxylation sites is 1. The molecule has 0 bridgehead atoms. The van der Waals surface area contributed by atoms with E-state index in [2.05, 4.69) is 10.6 Å². The smallest absolute Gasteiger partial charge is 0.253 e. The van der Waals surface area contributed by atoms with Gasteiger partial charge in [0, 0.05) is 6.04 Å². The van der Waals surface area contributed by atoms with Gasteiger partial charge in [-0.3, -0.25) is 9.59 Å². The Labute approximate surface area is 182 Å². The molecule has 160 valence electrons. The summed E-state index contributed by atoms with van der Waals surface area (Å²) in [6.45, 7) is 1.88. The summed E-state index contributed by atoms with van der Waals surface area (Å²) in [5.41, 5.74) is 1.96. The molecule has 3 aromatic rings. The highest BCUT2D eigenvalue weighted by atomic mass is 16.5. The number of methoxy groups -OCH3 is 1. The molecule has 5 heteroatoms. The largest absolute Gasteiger partial charge is 0.497 e. The molecule has 0 radical (unpaired) electrons. The molecule has 2 N–H and O–H groups in total. The number of ether oxygens (including phenoxy) is 1. The van der Waals surface area contributed by atoms with Gasteiger partial charge in [-0.1, -0.05) is 49.2 Å². The summed E-state index contributed by atoms with van der Waals surface area (Å²) in [6, 6.07) is 19.3. The van der Waals surface area contributed by atoms with Crippen LogP contribution in [0.3, 0.4) is 0 Å². The van der Waals surface area contributed by atoms with Gasteiger partial charge in [0.25, 0.3) is 5.91 Å². The first-order valence-electron chi connectivity index (χ1n) is 10.8. The second-order valence-corrected chi connectivity index (χ2v) is 8.18. The highest BCUT2D eigenvalue weighted by Gasteiger charge is 2.22. The monoisotopic (exact) mass is 416 g/mol. The zero-order valence-corrected chi connectivity index (χ0v) is 18.0. The second kappa shape index (κ2) is 9.21. The third-order valence-electron chi connectivity index (χ3n) is 6.08. The fraction of sp³-hybridized carbons (Fsp3) is 0.308. The van der Waals surface area contributed by atoms with E-state index >= 15 is 0 Å². The molecule has 0 heterocycles. The Hall–Kier alpha value is -3.34.